The minimum Gasteiger partial charge on any atom is -1.00 e. The van der Waals surface area contributed by atoms with E-state index in [1.807, 2.05) is 5.32 Å². The lowest BCUT2D eigenvalue weighted by Gasteiger charge is -2.09. The Kier molecular flexibility index (Phi) is 19.1. The van der Waals surface area contributed by atoms with E-state index < -0.39 is 0 Å². The Morgan fingerprint density at radius 1 is 0.810 bits per heavy atom. The zero-order chi connectivity index (χ0) is 15.2. The van der Waals surface area contributed by atoms with Crippen LogP contribution in [0.1, 0.15) is 85.0 Å². The van der Waals surface area contributed by atoms with Gasteiger partial charge < -0.3 is 22.8 Å². The van der Waals surface area contributed by atoms with Gasteiger partial charge in [0.15, 0.2) is 5.50 Å². The molecule has 3 N–H and O–H groups in total. The van der Waals surface area contributed by atoms with Crippen LogP contribution < -0.4 is 17.7 Å². The zero-order valence-corrected chi connectivity index (χ0v) is 15.8. The molecule has 0 bridgehead atoms. The maximum Gasteiger partial charge on any atom is 0.161 e. The topological polar surface area (TPSA) is 36.8 Å². The molecule has 2 unspecified atom stereocenters. The Hall–Kier alpha value is 0.500. The first-order valence-electron chi connectivity index (χ1n) is 8.67. The van der Waals surface area contributed by atoms with Crippen LogP contribution in [0.5, 0.6) is 0 Å². The molecule has 21 heavy (non-hydrogen) atoms. The average molecular weight is 342 g/mol. The number of quaternary nitrogens is 1. The van der Waals surface area contributed by atoms with Crippen LogP contribution in [-0.4, -0.2) is 23.3 Å². The van der Waals surface area contributed by atoms with Crippen LogP contribution in [0.3, 0.4) is 0 Å². The van der Waals surface area contributed by atoms with Crippen LogP contribution in [0.25, 0.3) is 0 Å². The van der Waals surface area contributed by atoms with Crippen molar-refractivity contribution >= 4 is 11.6 Å². The van der Waals surface area contributed by atoms with Gasteiger partial charge in [-0.3, -0.25) is 0 Å². The van der Waals surface area contributed by atoms with Crippen LogP contribution >= 0.6 is 11.6 Å². The molecule has 0 aliphatic heterocycles. The van der Waals surface area contributed by atoms with Gasteiger partial charge in [0.25, 0.3) is 0 Å². The third-order valence-corrected chi connectivity index (χ3v) is 4.14. The summed E-state index contributed by atoms with van der Waals surface area (Å²) in [6, 6.07) is 0. The fourth-order valence-corrected chi connectivity index (χ4v) is 2.67. The molecule has 4 heteroatoms. The van der Waals surface area contributed by atoms with E-state index in [1.54, 1.807) is 6.92 Å². The van der Waals surface area contributed by atoms with Gasteiger partial charge in [-0.2, -0.15) is 0 Å². The molecule has 0 radical (unpaired) electrons. The monoisotopic (exact) mass is 341 g/mol. The van der Waals surface area contributed by atoms with Crippen LogP contribution in [0, 0.1) is 5.92 Å². The number of halogens is 2. The summed E-state index contributed by atoms with van der Waals surface area (Å²) in [6.07, 6.45) is 13.1. The summed E-state index contributed by atoms with van der Waals surface area (Å²) in [7, 11) is 0. The first-order chi connectivity index (χ1) is 9.52. The Morgan fingerprint density at radius 2 is 1.24 bits per heavy atom. The largest absolute Gasteiger partial charge is 1.00 e. The minimum absolute atomic E-state index is 0. The highest BCUT2D eigenvalue weighted by Crippen LogP contribution is 2.13. The SMILES string of the molecule is CC(C)CCCCCCCCCCC(Cl)[NH2+]CC(C)O.[Cl-]. The predicted octanol–water partition coefficient (Wildman–Crippen LogP) is 1.06. The van der Waals surface area contributed by atoms with Crippen molar-refractivity contribution in [1.29, 1.82) is 0 Å². The van der Waals surface area contributed by atoms with Gasteiger partial charge in [-0.05, 0) is 19.3 Å². The maximum absolute atomic E-state index is 9.17. The molecule has 0 fully saturated rings. The molecule has 0 aliphatic carbocycles. The van der Waals surface area contributed by atoms with Crippen molar-refractivity contribution < 1.29 is 22.8 Å². The molecular formula is C17H37Cl2NO. The average Bonchev–Trinajstić information content (AvgIpc) is 2.38. The maximum atomic E-state index is 9.17. The lowest BCUT2D eigenvalue weighted by Crippen LogP contribution is -3.00. The van der Waals surface area contributed by atoms with Crippen molar-refractivity contribution in [2.24, 2.45) is 5.92 Å². The third kappa shape index (κ3) is 20.5. The number of nitrogens with two attached hydrogens (primary N) is 1. The number of alkyl halides is 1. The highest BCUT2D eigenvalue weighted by Gasteiger charge is 2.08. The summed E-state index contributed by atoms with van der Waals surface area (Å²) < 4.78 is 0. The number of aliphatic hydroxyl groups excluding tert-OH is 1. The molecule has 0 saturated heterocycles. The molecule has 0 aromatic heterocycles. The summed E-state index contributed by atoms with van der Waals surface area (Å²) in [6.45, 7) is 7.14. The highest BCUT2D eigenvalue weighted by atomic mass is 35.5. The van der Waals surface area contributed by atoms with Gasteiger partial charge in [0.1, 0.15) is 6.54 Å². The smallest absolute Gasteiger partial charge is 0.161 e. The molecule has 0 saturated carbocycles. The van der Waals surface area contributed by atoms with Gasteiger partial charge in [-0.25, -0.2) is 0 Å². The number of hydrogen-bond donors (Lipinski definition) is 2. The van der Waals surface area contributed by atoms with E-state index in [-0.39, 0.29) is 24.0 Å². The standard InChI is InChI=1S/C17H36ClNO.ClH/c1-15(2)12-10-8-6-4-5-7-9-11-13-17(18)19-14-16(3)20;/h15-17,19-20H,4-14H2,1-3H3;1H. The van der Waals surface area contributed by atoms with Gasteiger partial charge in [-0.1, -0.05) is 76.8 Å². The zero-order valence-electron chi connectivity index (χ0n) is 14.3. The van der Waals surface area contributed by atoms with Crippen molar-refractivity contribution in [3.05, 3.63) is 0 Å². The van der Waals surface area contributed by atoms with Crippen molar-refractivity contribution in [2.75, 3.05) is 6.54 Å². The second-order valence-electron chi connectivity index (χ2n) is 6.64. The molecular weight excluding hydrogens is 305 g/mol. The number of unbranched alkanes of at least 4 members (excludes halogenated alkanes) is 7. The highest BCUT2D eigenvalue weighted by molar-refractivity contribution is 6.19. The lowest BCUT2D eigenvalue weighted by atomic mass is 10.0. The quantitative estimate of drug-likeness (QED) is 0.276. The van der Waals surface area contributed by atoms with E-state index in [0.29, 0.717) is 6.54 Å². The Balaban J connectivity index is 0. The predicted molar refractivity (Wildman–Crippen MR) is 89.1 cm³/mol. The van der Waals surface area contributed by atoms with Crippen LogP contribution in [0.4, 0.5) is 0 Å². The fraction of sp³-hybridized carbons (Fsp3) is 1.00. The van der Waals surface area contributed by atoms with Crippen LogP contribution in [0.15, 0.2) is 0 Å². The number of rotatable bonds is 14. The summed E-state index contributed by atoms with van der Waals surface area (Å²) in [5.41, 5.74) is 0.139. The van der Waals surface area contributed by atoms with Gasteiger partial charge in [0.2, 0.25) is 0 Å². The van der Waals surface area contributed by atoms with Crippen LogP contribution in [-0.2, 0) is 0 Å². The minimum atomic E-state index is -0.257. The molecule has 0 rings (SSSR count). The Morgan fingerprint density at radius 3 is 1.67 bits per heavy atom. The van der Waals surface area contributed by atoms with E-state index in [0.717, 1.165) is 12.3 Å². The lowest BCUT2D eigenvalue weighted by molar-refractivity contribution is -0.676. The van der Waals surface area contributed by atoms with E-state index >= 15 is 0 Å². The van der Waals surface area contributed by atoms with Crippen molar-refractivity contribution in [3.8, 4) is 0 Å². The second-order valence-corrected chi connectivity index (χ2v) is 7.20. The van der Waals surface area contributed by atoms with Crippen molar-refractivity contribution in [1.82, 2.24) is 0 Å². The van der Waals surface area contributed by atoms with E-state index in [4.69, 9.17) is 11.6 Å². The van der Waals surface area contributed by atoms with E-state index in [9.17, 15) is 5.11 Å². The number of hydrogen-bond acceptors (Lipinski definition) is 1. The molecule has 0 aromatic rings. The van der Waals surface area contributed by atoms with Gasteiger partial charge in [-0.15, -0.1) is 0 Å². The third-order valence-electron chi connectivity index (χ3n) is 3.74. The molecule has 2 atom stereocenters. The Bertz CT molecular complexity index is 201. The summed E-state index contributed by atoms with van der Waals surface area (Å²) in [5.74, 6) is 0.865. The summed E-state index contributed by atoms with van der Waals surface area (Å²) in [5, 5.41) is 11.2. The van der Waals surface area contributed by atoms with Crippen LogP contribution in [0.2, 0.25) is 0 Å². The van der Waals surface area contributed by atoms with Crippen molar-refractivity contribution in [2.45, 2.75) is 96.6 Å². The molecule has 130 valence electrons. The number of aliphatic hydroxyl groups is 1. The fourth-order valence-electron chi connectivity index (χ4n) is 2.42. The summed E-state index contributed by atoms with van der Waals surface area (Å²) in [4.78, 5) is 0. The Labute approximate surface area is 143 Å². The normalized spacial score (nSPS) is 14.0. The molecule has 2 nitrogen and oxygen atoms in total. The summed E-state index contributed by atoms with van der Waals surface area (Å²) >= 11 is 6.18. The first-order valence-corrected chi connectivity index (χ1v) is 9.11. The van der Waals surface area contributed by atoms with E-state index in [2.05, 4.69) is 13.8 Å². The van der Waals surface area contributed by atoms with Crippen molar-refractivity contribution in [3.63, 3.8) is 0 Å². The van der Waals surface area contributed by atoms with Gasteiger partial charge in [0, 0.05) is 6.42 Å². The first kappa shape index (κ1) is 23.8. The molecule has 0 aromatic carbocycles. The molecule has 0 heterocycles. The van der Waals surface area contributed by atoms with Gasteiger partial charge in [0.05, 0.1) is 6.10 Å². The van der Waals surface area contributed by atoms with Gasteiger partial charge >= 0.3 is 0 Å². The van der Waals surface area contributed by atoms with E-state index in [1.165, 1.54) is 57.8 Å². The molecule has 0 spiro atoms. The molecule has 0 amide bonds. The second kappa shape index (κ2) is 16.9. The molecule has 0 aliphatic rings.